The highest BCUT2D eigenvalue weighted by Crippen LogP contribution is 2.52. The number of imide groups is 1. The molecule has 2 aliphatic carbocycles. The minimum absolute atomic E-state index is 0.0769. The molecular weight excluding hydrogens is 428 g/mol. The number of carbonyl (C=O) groups excluding carboxylic acids is 4. The predicted molar refractivity (Wildman–Crippen MR) is 119 cm³/mol. The number of carbonyl (C=O) groups is 4. The Bertz CT molecular complexity index is 1150. The summed E-state index contributed by atoms with van der Waals surface area (Å²) in [5, 5.41) is 3.09. The Balaban J connectivity index is 1.38. The van der Waals surface area contributed by atoms with Gasteiger partial charge in [-0.3, -0.25) is 24.1 Å². The molecule has 7 heteroatoms. The second-order valence-corrected chi connectivity index (χ2v) is 9.03. The molecule has 0 radical (unpaired) electrons. The van der Waals surface area contributed by atoms with Gasteiger partial charge in [0, 0.05) is 16.1 Å². The van der Waals surface area contributed by atoms with Gasteiger partial charge in [-0.25, -0.2) is 0 Å². The molecule has 2 fully saturated rings. The van der Waals surface area contributed by atoms with Gasteiger partial charge in [0.25, 0.3) is 0 Å². The maximum atomic E-state index is 13.1. The number of hydrogen-bond donors (Lipinski definition) is 1. The minimum Gasteiger partial charge on any atom is -0.324 e. The third-order valence-corrected chi connectivity index (χ3v) is 7.03. The van der Waals surface area contributed by atoms with E-state index in [1.54, 1.807) is 42.5 Å². The smallest absolute Gasteiger partial charge is 0.247 e. The van der Waals surface area contributed by atoms with Crippen LogP contribution in [0, 0.1) is 23.7 Å². The van der Waals surface area contributed by atoms with Crippen molar-refractivity contribution in [1.82, 2.24) is 4.90 Å². The van der Waals surface area contributed by atoms with E-state index in [0.29, 0.717) is 10.6 Å². The summed E-state index contributed by atoms with van der Waals surface area (Å²) in [4.78, 5) is 53.2. The van der Waals surface area contributed by atoms with Crippen LogP contribution in [0.5, 0.6) is 0 Å². The van der Waals surface area contributed by atoms with Crippen LogP contribution in [0.4, 0.5) is 5.69 Å². The van der Waals surface area contributed by atoms with Crippen LogP contribution in [-0.2, 0) is 14.4 Å². The van der Waals surface area contributed by atoms with E-state index < -0.39 is 11.9 Å². The summed E-state index contributed by atoms with van der Waals surface area (Å²) in [6, 6.07) is 12.3. The van der Waals surface area contributed by atoms with Gasteiger partial charge in [0.05, 0.1) is 17.5 Å². The van der Waals surface area contributed by atoms with E-state index in [1.165, 1.54) is 13.0 Å². The molecule has 0 unspecified atom stereocenters. The van der Waals surface area contributed by atoms with Crippen molar-refractivity contribution in [3.63, 3.8) is 0 Å². The summed E-state index contributed by atoms with van der Waals surface area (Å²) in [6.07, 6.45) is 4.86. The van der Waals surface area contributed by atoms with Crippen molar-refractivity contribution in [3.8, 4) is 0 Å². The Labute approximate surface area is 190 Å². The van der Waals surface area contributed by atoms with Crippen molar-refractivity contribution in [2.45, 2.75) is 19.4 Å². The molecule has 3 aliphatic rings. The van der Waals surface area contributed by atoms with Crippen molar-refractivity contribution in [3.05, 3.63) is 76.8 Å². The molecule has 1 aliphatic heterocycles. The Hall–Kier alpha value is -3.25. The summed E-state index contributed by atoms with van der Waals surface area (Å²) in [5.41, 5.74) is 0.975. The number of amides is 3. The van der Waals surface area contributed by atoms with Crippen LogP contribution < -0.4 is 5.32 Å². The van der Waals surface area contributed by atoms with Gasteiger partial charge >= 0.3 is 0 Å². The lowest BCUT2D eigenvalue weighted by Crippen LogP contribution is -2.46. The lowest BCUT2D eigenvalue weighted by Gasteiger charge is -2.24. The summed E-state index contributed by atoms with van der Waals surface area (Å²) >= 11 is 6.11. The van der Waals surface area contributed by atoms with Crippen LogP contribution in [0.15, 0.2) is 60.7 Å². The number of hydrogen-bond acceptors (Lipinski definition) is 4. The number of nitrogens with one attached hydrogen (secondary N) is 1. The molecule has 3 amide bonds. The van der Waals surface area contributed by atoms with Crippen LogP contribution in [0.2, 0.25) is 5.02 Å². The second-order valence-electron chi connectivity index (χ2n) is 8.60. The minimum atomic E-state index is -0.990. The van der Waals surface area contributed by atoms with E-state index in [-0.39, 0.29) is 52.5 Å². The molecule has 32 heavy (non-hydrogen) atoms. The number of benzene rings is 2. The van der Waals surface area contributed by atoms with Crippen molar-refractivity contribution in [2.75, 3.05) is 5.32 Å². The maximum Gasteiger partial charge on any atom is 0.247 e. The molecule has 1 N–H and O–H groups in total. The lowest BCUT2D eigenvalue weighted by atomic mass is 9.85. The average Bonchev–Trinajstić information content (AvgIpc) is 3.48. The van der Waals surface area contributed by atoms with Crippen molar-refractivity contribution >= 4 is 40.8 Å². The van der Waals surface area contributed by atoms with Gasteiger partial charge in [-0.1, -0.05) is 54.1 Å². The van der Waals surface area contributed by atoms with Crippen LogP contribution in [0.1, 0.15) is 29.3 Å². The van der Waals surface area contributed by atoms with E-state index in [0.717, 1.165) is 11.3 Å². The number of halogens is 1. The first-order valence-corrected chi connectivity index (χ1v) is 11.0. The van der Waals surface area contributed by atoms with E-state index in [9.17, 15) is 19.2 Å². The molecule has 2 bridgehead atoms. The molecule has 5 rings (SSSR count). The second kappa shape index (κ2) is 7.71. The van der Waals surface area contributed by atoms with Gasteiger partial charge in [0.1, 0.15) is 6.04 Å². The van der Waals surface area contributed by atoms with E-state index in [1.807, 2.05) is 12.2 Å². The maximum absolute atomic E-state index is 13.1. The first kappa shape index (κ1) is 20.6. The van der Waals surface area contributed by atoms with Crippen molar-refractivity contribution in [2.24, 2.45) is 23.7 Å². The van der Waals surface area contributed by atoms with Gasteiger partial charge in [0.2, 0.25) is 17.7 Å². The molecule has 1 saturated carbocycles. The fraction of sp³-hybridized carbons (Fsp3) is 0.280. The van der Waals surface area contributed by atoms with Crippen LogP contribution in [0.3, 0.4) is 0 Å². The highest BCUT2D eigenvalue weighted by atomic mass is 35.5. The fourth-order valence-electron chi connectivity index (χ4n) is 5.22. The number of allylic oxidation sites excluding steroid dienone is 2. The van der Waals surface area contributed by atoms with Gasteiger partial charge in [-0.05, 0) is 43.4 Å². The summed E-state index contributed by atoms with van der Waals surface area (Å²) in [6.45, 7) is 1.54. The quantitative estimate of drug-likeness (QED) is 0.429. The molecule has 0 aromatic heterocycles. The zero-order valence-corrected chi connectivity index (χ0v) is 18.1. The highest BCUT2D eigenvalue weighted by molar-refractivity contribution is 6.31. The summed E-state index contributed by atoms with van der Waals surface area (Å²) in [7, 11) is 0. The SMILES string of the molecule is C[C@H](C(=O)Nc1ccc(Cl)cc1C(=O)c1ccccc1)N1C(=O)[C@@H]2[C@H](C1=O)[C@H]1C=C[C@@H]2C1. The number of anilines is 1. The number of rotatable bonds is 5. The first-order chi connectivity index (χ1) is 15.4. The normalized spacial score (nSPS) is 26.4. The lowest BCUT2D eigenvalue weighted by molar-refractivity contribution is -0.146. The number of likely N-dealkylation sites (tertiary alicyclic amines) is 1. The standard InChI is InChI=1S/C25H21ClN2O4/c1-13(28-24(31)20-15-7-8-16(11-15)21(20)25(28)32)23(30)27-19-10-9-17(26)12-18(19)22(29)14-5-3-2-4-6-14/h2-10,12-13,15-16,20-21H,11H2,1H3,(H,27,30)/t13-,15-,16+,20+,21-/m1/s1. The van der Waals surface area contributed by atoms with E-state index in [4.69, 9.17) is 11.6 Å². The van der Waals surface area contributed by atoms with Crippen molar-refractivity contribution in [1.29, 1.82) is 0 Å². The van der Waals surface area contributed by atoms with Gasteiger partial charge in [-0.15, -0.1) is 0 Å². The Morgan fingerprint density at radius 2 is 1.62 bits per heavy atom. The Kier molecular flexibility index (Phi) is 4.97. The summed E-state index contributed by atoms with van der Waals surface area (Å²) in [5.74, 6) is -1.96. The predicted octanol–water partition coefficient (Wildman–Crippen LogP) is 3.71. The van der Waals surface area contributed by atoms with Crippen LogP contribution >= 0.6 is 11.6 Å². The molecule has 1 heterocycles. The highest BCUT2D eigenvalue weighted by Gasteiger charge is 2.60. The topological polar surface area (TPSA) is 83.6 Å². The molecule has 2 aromatic rings. The van der Waals surface area contributed by atoms with Crippen LogP contribution in [0.25, 0.3) is 0 Å². The molecular formula is C25H21ClN2O4. The Morgan fingerprint density at radius 3 is 2.25 bits per heavy atom. The van der Waals surface area contributed by atoms with E-state index >= 15 is 0 Å². The van der Waals surface area contributed by atoms with Crippen molar-refractivity contribution < 1.29 is 19.2 Å². The molecule has 0 spiro atoms. The van der Waals surface area contributed by atoms with Crippen LogP contribution in [-0.4, -0.2) is 34.4 Å². The van der Waals surface area contributed by atoms with Gasteiger partial charge < -0.3 is 5.32 Å². The third-order valence-electron chi connectivity index (χ3n) is 6.79. The van der Waals surface area contributed by atoms with Gasteiger partial charge in [-0.2, -0.15) is 0 Å². The molecule has 6 nitrogen and oxygen atoms in total. The molecule has 2 aromatic carbocycles. The fourth-order valence-corrected chi connectivity index (χ4v) is 5.39. The van der Waals surface area contributed by atoms with E-state index in [2.05, 4.69) is 5.32 Å². The average molecular weight is 449 g/mol. The third kappa shape index (κ3) is 3.17. The summed E-state index contributed by atoms with van der Waals surface area (Å²) < 4.78 is 0. The zero-order chi connectivity index (χ0) is 22.6. The first-order valence-electron chi connectivity index (χ1n) is 10.6. The number of ketones is 1. The molecule has 1 saturated heterocycles. The monoisotopic (exact) mass is 448 g/mol. The Morgan fingerprint density at radius 1 is 1.00 bits per heavy atom. The van der Waals surface area contributed by atoms with Gasteiger partial charge in [0.15, 0.2) is 5.78 Å². The number of nitrogens with zero attached hydrogens (tertiary/aromatic N) is 1. The molecule has 162 valence electrons. The largest absolute Gasteiger partial charge is 0.324 e. The number of fused-ring (bicyclic) bond motifs is 5. The molecule has 5 atom stereocenters. The zero-order valence-electron chi connectivity index (χ0n) is 17.3.